The standard InChI is InChI=1S/C36H30F8O10/c1-3-29(45)51-17-7-5-15-49-25-11-9-21(19-23(25)37)33(47)53-27-13-14-28(32(36(42,43)44)31(27)35(39,40)41)54-34(48)22-10-12-26(24(38)20-22)50-16-6-8-18-52-30(46)4-2/h3-4,9-14,19-20H,1-2,5-8,15-18H2. The first-order valence-corrected chi connectivity index (χ1v) is 15.6. The summed E-state index contributed by atoms with van der Waals surface area (Å²) in [5.41, 5.74) is -6.47. The van der Waals surface area contributed by atoms with Crippen molar-refractivity contribution in [2.75, 3.05) is 26.4 Å². The van der Waals surface area contributed by atoms with Gasteiger partial charge in [-0.1, -0.05) is 13.2 Å². The minimum atomic E-state index is -5.85. The van der Waals surface area contributed by atoms with Gasteiger partial charge in [0, 0.05) is 12.2 Å². The van der Waals surface area contributed by atoms with Gasteiger partial charge >= 0.3 is 36.2 Å². The van der Waals surface area contributed by atoms with Crippen molar-refractivity contribution in [3.8, 4) is 23.0 Å². The van der Waals surface area contributed by atoms with Crippen LogP contribution in [0.5, 0.6) is 23.0 Å². The molecule has 0 spiro atoms. The maximum Gasteiger partial charge on any atom is 0.420 e. The van der Waals surface area contributed by atoms with Crippen molar-refractivity contribution in [3.05, 3.63) is 108 Å². The maximum atomic E-state index is 14.6. The molecule has 0 unspecified atom stereocenters. The van der Waals surface area contributed by atoms with Crippen LogP contribution in [0, 0.1) is 11.6 Å². The molecule has 0 aromatic heterocycles. The zero-order valence-electron chi connectivity index (χ0n) is 28.0. The monoisotopic (exact) mass is 774 g/mol. The molecule has 0 atom stereocenters. The molecule has 0 aliphatic rings. The van der Waals surface area contributed by atoms with E-state index in [1.54, 1.807) is 0 Å². The third-order valence-electron chi connectivity index (χ3n) is 6.85. The zero-order valence-corrected chi connectivity index (χ0v) is 28.0. The second-order valence-electron chi connectivity index (χ2n) is 10.7. The Labute approximate surface area is 301 Å². The van der Waals surface area contributed by atoms with E-state index in [0.29, 0.717) is 37.8 Å². The third kappa shape index (κ3) is 12.3. The van der Waals surface area contributed by atoms with Crippen LogP contribution in [0.2, 0.25) is 0 Å². The first-order valence-electron chi connectivity index (χ1n) is 15.6. The Morgan fingerprint density at radius 1 is 0.537 bits per heavy atom. The minimum Gasteiger partial charge on any atom is -0.491 e. The Balaban J connectivity index is 1.76. The topological polar surface area (TPSA) is 124 Å². The smallest absolute Gasteiger partial charge is 0.420 e. The van der Waals surface area contributed by atoms with Crippen LogP contribution >= 0.6 is 0 Å². The van der Waals surface area contributed by atoms with Crippen LogP contribution in [0.1, 0.15) is 57.5 Å². The van der Waals surface area contributed by atoms with E-state index >= 15 is 0 Å². The number of unbranched alkanes of at least 4 members (excludes halogenated alkanes) is 2. The highest BCUT2D eigenvalue weighted by Crippen LogP contribution is 2.49. The van der Waals surface area contributed by atoms with E-state index in [1.165, 1.54) is 0 Å². The molecule has 0 N–H and O–H groups in total. The van der Waals surface area contributed by atoms with Crippen LogP contribution in [0.15, 0.2) is 73.8 Å². The van der Waals surface area contributed by atoms with Gasteiger partial charge in [0.15, 0.2) is 23.1 Å². The van der Waals surface area contributed by atoms with Crippen molar-refractivity contribution >= 4 is 23.9 Å². The number of hydrogen-bond donors (Lipinski definition) is 0. The van der Waals surface area contributed by atoms with Crippen LogP contribution in [0.3, 0.4) is 0 Å². The quantitative estimate of drug-likeness (QED) is 0.0411. The van der Waals surface area contributed by atoms with Gasteiger partial charge in [-0.05, 0) is 74.2 Å². The van der Waals surface area contributed by atoms with Gasteiger partial charge < -0.3 is 28.4 Å². The van der Waals surface area contributed by atoms with Crippen LogP contribution < -0.4 is 18.9 Å². The molecule has 0 fully saturated rings. The van der Waals surface area contributed by atoms with Crippen molar-refractivity contribution in [3.63, 3.8) is 0 Å². The Morgan fingerprint density at radius 2 is 0.870 bits per heavy atom. The summed E-state index contributed by atoms with van der Waals surface area (Å²) >= 11 is 0. The summed E-state index contributed by atoms with van der Waals surface area (Å²) in [5, 5.41) is 0. The van der Waals surface area contributed by atoms with Gasteiger partial charge in [0.25, 0.3) is 0 Å². The van der Waals surface area contributed by atoms with Gasteiger partial charge in [-0.2, -0.15) is 26.3 Å². The van der Waals surface area contributed by atoms with Crippen molar-refractivity contribution in [1.29, 1.82) is 0 Å². The second kappa shape index (κ2) is 19.2. The lowest BCUT2D eigenvalue weighted by atomic mass is 10.0. The fourth-order valence-electron chi connectivity index (χ4n) is 4.34. The van der Waals surface area contributed by atoms with Gasteiger partial charge in [-0.15, -0.1) is 0 Å². The Morgan fingerprint density at radius 3 is 1.19 bits per heavy atom. The molecule has 0 saturated heterocycles. The molecule has 0 aliphatic carbocycles. The van der Waals surface area contributed by atoms with Crippen LogP contribution in [0.4, 0.5) is 35.1 Å². The summed E-state index contributed by atoms with van der Waals surface area (Å²) < 4.78 is 144. The predicted molar refractivity (Wildman–Crippen MR) is 171 cm³/mol. The van der Waals surface area contributed by atoms with Crippen molar-refractivity contribution in [1.82, 2.24) is 0 Å². The molecule has 0 aliphatic heterocycles. The summed E-state index contributed by atoms with van der Waals surface area (Å²) in [6.07, 6.45) is -8.48. The number of rotatable bonds is 18. The molecule has 54 heavy (non-hydrogen) atoms. The number of carbonyl (C=O) groups excluding carboxylic acids is 4. The lowest BCUT2D eigenvalue weighted by molar-refractivity contribution is -0.163. The van der Waals surface area contributed by atoms with Crippen molar-refractivity contribution in [2.45, 2.75) is 38.0 Å². The molecular formula is C36H30F8O10. The molecule has 3 aromatic carbocycles. The Bertz CT molecular complexity index is 1720. The Hall–Kier alpha value is -5.94. The molecule has 18 heteroatoms. The van der Waals surface area contributed by atoms with Crippen molar-refractivity contribution < 1.29 is 82.7 Å². The lowest BCUT2D eigenvalue weighted by Crippen LogP contribution is -2.22. The van der Waals surface area contributed by atoms with Gasteiger partial charge in [-0.25, -0.2) is 28.0 Å². The zero-order chi connectivity index (χ0) is 40.1. The molecule has 0 amide bonds. The second-order valence-corrected chi connectivity index (χ2v) is 10.7. The number of benzene rings is 3. The number of alkyl halides is 6. The lowest BCUT2D eigenvalue weighted by Gasteiger charge is -2.21. The van der Waals surface area contributed by atoms with Gasteiger partial charge in [0.05, 0.1) is 37.6 Å². The number of halogens is 8. The molecule has 290 valence electrons. The van der Waals surface area contributed by atoms with Gasteiger partial charge in [0.1, 0.15) is 22.6 Å². The van der Waals surface area contributed by atoms with E-state index in [9.17, 15) is 54.3 Å². The van der Waals surface area contributed by atoms with E-state index in [4.69, 9.17) is 18.9 Å². The fourth-order valence-corrected chi connectivity index (χ4v) is 4.34. The van der Waals surface area contributed by atoms with E-state index in [1.807, 2.05) is 0 Å². The van der Waals surface area contributed by atoms with E-state index < -0.39 is 81.6 Å². The number of esters is 4. The summed E-state index contributed by atoms with van der Waals surface area (Å²) in [4.78, 5) is 47.4. The van der Waals surface area contributed by atoms with Gasteiger partial charge in [-0.3, -0.25) is 0 Å². The molecule has 10 nitrogen and oxygen atoms in total. The maximum absolute atomic E-state index is 14.6. The largest absolute Gasteiger partial charge is 0.491 e. The van der Waals surface area contributed by atoms with E-state index in [0.717, 1.165) is 36.4 Å². The summed E-state index contributed by atoms with van der Waals surface area (Å²) in [7, 11) is 0. The first-order chi connectivity index (χ1) is 25.5. The third-order valence-corrected chi connectivity index (χ3v) is 6.85. The summed E-state index contributed by atoms with van der Waals surface area (Å²) in [6, 6.07) is 5.27. The molecule has 0 saturated carbocycles. The van der Waals surface area contributed by atoms with Gasteiger partial charge in [0.2, 0.25) is 0 Å². The summed E-state index contributed by atoms with van der Waals surface area (Å²) in [5.74, 6) is -11.0. The Kier molecular flexibility index (Phi) is 15.1. The highest BCUT2D eigenvalue weighted by molar-refractivity contribution is 5.92. The fraction of sp³-hybridized carbons (Fsp3) is 0.278. The van der Waals surface area contributed by atoms with E-state index in [2.05, 4.69) is 22.6 Å². The predicted octanol–water partition coefficient (Wildman–Crippen LogP) is 8.22. The number of carbonyl (C=O) groups is 4. The highest BCUT2D eigenvalue weighted by Gasteiger charge is 2.49. The van der Waals surface area contributed by atoms with Crippen molar-refractivity contribution in [2.24, 2.45) is 0 Å². The normalized spacial score (nSPS) is 11.3. The molecule has 0 bridgehead atoms. The highest BCUT2D eigenvalue weighted by atomic mass is 19.4. The van der Waals surface area contributed by atoms with Crippen LogP contribution in [0.25, 0.3) is 0 Å². The first kappa shape index (κ1) is 42.5. The minimum absolute atomic E-state index is 0.0343. The molecular weight excluding hydrogens is 744 g/mol. The molecule has 3 aromatic rings. The summed E-state index contributed by atoms with van der Waals surface area (Å²) in [6.45, 7) is 6.40. The van der Waals surface area contributed by atoms with Crippen LogP contribution in [-0.2, 0) is 31.4 Å². The number of hydrogen-bond acceptors (Lipinski definition) is 10. The number of ether oxygens (including phenoxy) is 6. The molecule has 3 rings (SSSR count). The SMILES string of the molecule is C=CC(=O)OCCCCOc1ccc(C(=O)Oc2ccc(OC(=O)c3ccc(OCCCCOC(=O)C=C)c(F)c3)c(C(F)(F)F)c2C(F)(F)F)cc1F. The molecule has 0 heterocycles. The average molecular weight is 775 g/mol. The van der Waals surface area contributed by atoms with E-state index in [-0.39, 0.29) is 50.1 Å². The average Bonchev–Trinajstić information content (AvgIpc) is 3.11. The van der Waals surface area contributed by atoms with Crippen LogP contribution in [-0.4, -0.2) is 50.3 Å². The molecule has 0 radical (unpaired) electrons.